The van der Waals surface area contributed by atoms with Crippen molar-refractivity contribution in [3.8, 4) is 0 Å². The maximum atomic E-state index is 5.79. The minimum atomic E-state index is 0.287. The number of rotatable bonds is 4. The fourth-order valence-corrected chi connectivity index (χ4v) is 3.44. The van der Waals surface area contributed by atoms with Crippen LogP contribution in [0.15, 0.2) is 16.8 Å². The van der Waals surface area contributed by atoms with E-state index in [0.29, 0.717) is 18.5 Å². The monoisotopic (exact) mass is 304 g/mol. The second-order valence-electron chi connectivity index (χ2n) is 5.49. The van der Waals surface area contributed by atoms with Crippen LogP contribution in [-0.2, 0) is 6.54 Å². The van der Waals surface area contributed by atoms with E-state index in [0.717, 1.165) is 12.4 Å². The zero-order chi connectivity index (χ0) is 14.8. The topological polar surface area (TPSA) is 71.2 Å². The zero-order valence-corrected chi connectivity index (χ0v) is 13.2. The lowest BCUT2D eigenvalue weighted by Crippen LogP contribution is -2.25. The largest absolute Gasteiger partial charge is 0.368 e. The van der Waals surface area contributed by atoms with Crippen molar-refractivity contribution in [1.29, 1.82) is 0 Å². The van der Waals surface area contributed by atoms with Crippen LogP contribution in [0, 0.1) is 0 Å². The van der Waals surface area contributed by atoms with E-state index < -0.39 is 0 Å². The second kappa shape index (κ2) is 5.95. The van der Waals surface area contributed by atoms with Crippen LogP contribution in [0.2, 0.25) is 0 Å². The summed E-state index contributed by atoms with van der Waals surface area (Å²) in [7, 11) is 3.81. The molecular formula is C14H20N6S. The molecule has 2 N–H and O–H groups in total. The number of thiophene rings is 1. The molecule has 6 nitrogen and oxygen atoms in total. The van der Waals surface area contributed by atoms with Crippen LogP contribution in [0.3, 0.4) is 0 Å². The summed E-state index contributed by atoms with van der Waals surface area (Å²) in [6.07, 6.45) is 2.40. The highest BCUT2D eigenvalue weighted by Crippen LogP contribution is 2.33. The summed E-state index contributed by atoms with van der Waals surface area (Å²) in [4.78, 5) is 17.2. The molecule has 0 aromatic carbocycles. The van der Waals surface area contributed by atoms with Gasteiger partial charge in [0.1, 0.15) is 5.82 Å². The van der Waals surface area contributed by atoms with Gasteiger partial charge in [-0.25, -0.2) is 0 Å². The first kappa shape index (κ1) is 14.2. The van der Waals surface area contributed by atoms with Gasteiger partial charge in [0.2, 0.25) is 11.9 Å². The van der Waals surface area contributed by atoms with Crippen LogP contribution in [0.5, 0.6) is 0 Å². The van der Waals surface area contributed by atoms with Crippen LogP contribution in [0.4, 0.5) is 11.9 Å². The Bertz CT molecular complexity index is 598. The van der Waals surface area contributed by atoms with Crippen molar-refractivity contribution < 1.29 is 0 Å². The molecule has 0 spiro atoms. The van der Waals surface area contributed by atoms with Gasteiger partial charge in [-0.1, -0.05) is 0 Å². The van der Waals surface area contributed by atoms with Gasteiger partial charge in [-0.2, -0.15) is 26.3 Å². The summed E-state index contributed by atoms with van der Waals surface area (Å²) in [5.74, 6) is 1.65. The first-order valence-electron chi connectivity index (χ1n) is 7.07. The van der Waals surface area contributed by atoms with E-state index >= 15 is 0 Å². The van der Waals surface area contributed by atoms with Gasteiger partial charge >= 0.3 is 0 Å². The molecule has 2 aromatic rings. The van der Waals surface area contributed by atoms with Crippen LogP contribution in [0.25, 0.3) is 0 Å². The normalized spacial score (nSPS) is 19.0. The average Bonchev–Trinajstić information content (AvgIpc) is 3.08. The highest BCUT2D eigenvalue weighted by atomic mass is 32.1. The predicted octanol–water partition coefficient (Wildman–Crippen LogP) is 1.92. The highest BCUT2D eigenvalue weighted by Gasteiger charge is 2.27. The van der Waals surface area contributed by atoms with Crippen molar-refractivity contribution in [2.75, 3.05) is 31.3 Å². The Kier molecular flexibility index (Phi) is 4.03. The van der Waals surface area contributed by atoms with E-state index in [4.69, 9.17) is 5.73 Å². The molecule has 3 rings (SSSR count). The molecule has 3 heterocycles. The third-order valence-electron chi connectivity index (χ3n) is 3.72. The molecule has 1 aliphatic heterocycles. The quantitative estimate of drug-likeness (QED) is 0.930. The van der Waals surface area contributed by atoms with Crippen molar-refractivity contribution in [2.24, 2.45) is 0 Å². The lowest BCUT2D eigenvalue weighted by molar-refractivity contribution is 0.242. The first-order chi connectivity index (χ1) is 10.1. The van der Waals surface area contributed by atoms with Crippen molar-refractivity contribution in [2.45, 2.75) is 25.4 Å². The summed E-state index contributed by atoms with van der Waals surface area (Å²) in [6.45, 7) is 1.79. The molecule has 21 heavy (non-hydrogen) atoms. The lowest BCUT2D eigenvalue weighted by Gasteiger charge is -2.23. The molecule has 1 fully saturated rings. The van der Waals surface area contributed by atoms with Crippen molar-refractivity contribution in [3.63, 3.8) is 0 Å². The van der Waals surface area contributed by atoms with E-state index in [1.54, 1.807) is 11.3 Å². The minimum Gasteiger partial charge on any atom is -0.368 e. The van der Waals surface area contributed by atoms with Crippen LogP contribution >= 0.6 is 11.3 Å². The molecule has 0 radical (unpaired) electrons. The van der Waals surface area contributed by atoms with Gasteiger partial charge in [0.25, 0.3) is 0 Å². The smallest absolute Gasteiger partial charge is 0.229 e. The molecule has 7 heteroatoms. The average molecular weight is 304 g/mol. The van der Waals surface area contributed by atoms with Crippen molar-refractivity contribution in [1.82, 2.24) is 19.9 Å². The number of nitrogens with zero attached hydrogens (tertiary/aromatic N) is 5. The van der Waals surface area contributed by atoms with Gasteiger partial charge in [0, 0.05) is 20.1 Å². The number of hydrogen-bond donors (Lipinski definition) is 1. The third kappa shape index (κ3) is 3.14. The SMILES string of the molecule is CN(C)c1nc(N)nc(CN2CCC[C@H]2c2ccsc2)n1. The van der Waals surface area contributed by atoms with Crippen LogP contribution < -0.4 is 10.6 Å². The van der Waals surface area contributed by atoms with Gasteiger partial charge in [-0.15, -0.1) is 0 Å². The molecule has 1 atom stereocenters. The van der Waals surface area contributed by atoms with Gasteiger partial charge in [-0.05, 0) is 41.8 Å². The van der Waals surface area contributed by atoms with Crippen molar-refractivity contribution in [3.05, 3.63) is 28.2 Å². The fourth-order valence-electron chi connectivity index (χ4n) is 2.73. The lowest BCUT2D eigenvalue weighted by atomic mass is 10.1. The minimum absolute atomic E-state index is 0.287. The third-order valence-corrected chi connectivity index (χ3v) is 4.42. The zero-order valence-electron chi connectivity index (χ0n) is 12.4. The molecular weight excluding hydrogens is 284 g/mol. The number of hydrogen-bond acceptors (Lipinski definition) is 7. The Hall–Kier alpha value is -1.73. The van der Waals surface area contributed by atoms with Gasteiger partial charge in [-0.3, -0.25) is 4.90 Å². The Morgan fingerprint density at radius 3 is 2.95 bits per heavy atom. The molecule has 0 amide bonds. The number of anilines is 2. The number of nitrogen functional groups attached to an aromatic ring is 1. The fraction of sp³-hybridized carbons (Fsp3) is 0.500. The van der Waals surface area contributed by atoms with E-state index in [9.17, 15) is 0 Å². The van der Waals surface area contributed by atoms with Gasteiger partial charge in [0.05, 0.1) is 6.54 Å². The van der Waals surface area contributed by atoms with E-state index in [1.807, 2.05) is 19.0 Å². The Labute approximate surface area is 128 Å². The molecule has 2 aromatic heterocycles. The number of aromatic nitrogens is 3. The second-order valence-corrected chi connectivity index (χ2v) is 6.27. The van der Waals surface area contributed by atoms with E-state index in [1.165, 1.54) is 18.4 Å². The van der Waals surface area contributed by atoms with Gasteiger partial charge in [0.15, 0.2) is 0 Å². The van der Waals surface area contributed by atoms with Crippen molar-refractivity contribution >= 4 is 23.2 Å². The maximum absolute atomic E-state index is 5.79. The Morgan fingerprint density at radius 1 is 1.38 bits per heavy atom. The molecule has 0 unspecified atom stereocenters. The first-order valence-corrected chi connectivity index (χ1v) is 8.01. The molecule has 0 saturated carbocycles. The number of nitrogens with two attached hydrogens (primary N) is 1. The molecule has 1 aliphatic rings. The van der Waals surface area contributed by atoms with E-state index in [-0.39, 0.29) is 5.95 Å². The van der Waals surface area contributed by atoms with Crippen LogP contribution in [0.1, 0.15) is 30.3 Å². The maximum Gasteiger partial charge on any atom is 0.229 e. The summed E-state index contributed by atoms with van der Waals surface area (Å²) in [6, 6.07) is 2.68. The summed E-state index contributed by atoms with van der Waals surface area (Å²) < 4.78 is 0. The molecule has 0 bridgehead atoms. The molecule has 1 saturated heterocycles. The molecule has 0 aliphatic carbocycles. The van der Waals surface area contributed by atoms with Crippen LogP contribution in [-0.4, -0.2) is 40.5 Å². The number of likely N-dealkylation sites (tertiary alicyclic amines) is 1. The standard InChI is InChI=1S/C14H20N6S/c1-19(2)14-17-12(16-13(15)18-14)8-20-6-3-4-11(20)10-5-7-21-9-10/h5,7,9,11H,3-4,6,8H2,1-2H3,(H2,15,16,17,18)/t11-/m0/s1. The summed E-state index contributed by atoms with van der Waals surface area (Å²) in [5.41, 5.74) is 7.19. The summed E-state index contributed by atoms with van der Waals surface area (Å²) >= 11 is 1.75. The Morgan fingerprint density at radius 2 is 2.24 bits per heavy atom. The molecule has 112 valence electrons. The van der Waals surface area contributed by atoms with Gasteiger partial charge < -0.3 is 10.6 Å². The predicted molar refractivity (Wildman–Crippen MR) is 85.3 cm³/mol. The van der Waals surface area contributed by atoms with E-state index in [2.05, 4.69) is 36.7 Å². The highest BCUT2D eigenvalue weighted by molar-refractivity contribution is 7.07. The Balaban J connectivity index is 1.79. The summed E-state index contributed by atoms with van der Waals surface area (Å²) in [5, 5.41) is 4.37.